The van der Waals surface area contributed by atoms with Crippen molar-refractivity contribution in [2.45, 2.75) is 54.1 Å². The van der Waals surface area contributed by atoms with Crippen LogP contribution in [0.4, 0.5) is 0 Å². The average Bonchev–Trinajstić information content (AvgIpc) is 4.47. The molecule has 0 aromatic heterocycles. The minimum absolute atomic E-state index is 0. The van der Waals surface area contributed by atoms with Gasteiger partial charge in [0, 0.05) is 132 Å². The van der Waals surface area contributed by atoms with Crippen molar-refractivity contribution in [2.24, 2.45) is 0 Å². The van der Waals surface area contributed by atoms with Crippen molar-refractivity contribution in [3.05, 3.63) is 48.6 Å². The number of carbonyl (C=O) groups is 16. The predicted molar refractivity (Wildman–Crippen MR) is 321 cm³/mol. The van der Waals surface area contributed by atoms with Gasteiger partial charge >= 0.3 is 0 Å². The molecule has 8 aliphatic heterocycles. The molecular formula is C49H58N8O16S9. The number of likely N-dealkylation sites (tertiary alicyclic amines) is 4. The maximum absolute atomic E-state index is 13.1. The van der Waals surface area contributed by atoms with Gasteiger partial charge in [0.25, 0.3) is 47.3 Å². The molecular weight excluding hydrogens is 1250 g/mol. The second-order valence-electron chi connectivity index (χ2n) is 17.5. The van der Waals surface area contributed by atoms with Crippen LogP contribution in [0.5, 0.6) is 0 Å². The summed E-state index contributed by atoms with van der Waals surface area (Å²) < 4.78 is 0. The molecule has 4 fully saturated rings. The van der Waals surface area contributed by atoms with Crippen LogP contribution in [0.2, 0.25) is 0 Å². The molecule has 444 valence electrons. The highest BCUT2D eigenvalue weighted by atomic mass is 32.2. The third-order valence-electron chi connectivity index (χ3n) is 12.2. The third kappa shape index (κ3) is 18.1. The number of hydrogen-bond acceptors (Lipinski definition) is 25. The van der Waals surface area contributed by atoms with E-state index in [4.69, 9.17) is 0 Å². The first kappa shape index (κ1) is 68.0. The van der Waals surface area contributed by atoms with E-state index < -0.39 is 136 Å². The van der Waals surface area contributed by atoms with Crippen LogP contribution < -0.4 is 0 Å². The summed E-state index contributed by atoms with van der Waals surface area (Å²) >= 11 is 18.5. The first-order valence-corrected chi connectivity index (χ1v) is 33.6. The van der Waals surface area contributed by atoms with E-state index in [0.29, 0.717) is 46.0 Å². The van der Waals surface area contributed by atoms with E-state index in [9.17, 15) is 76.7 Å². The van der Waals surface area contributed by atoms with E-state index in [0.717, 1.165) is 111 Å². The molecule has 0 spiro atoms. The van der Waals surface area contributed by atoms with Gasteiger partial charge in [0.2, 0.25) is 47.3 Å². The fourth-order valence-electron chi connectivity index (χ4n) is 8.01. The van der Waals surface area contributed by atoms with Crippen LogP contribution in [0.3, 0.4) is 0 Å². The molecule has 33 heteroatoms. The SMILES string of the molecule is C.O=C1C=CC(=O)N1CN1C(=O)C=CC1=O.O=C1C=CC(=O)N1CN1C(=O)CC(SCCSCCSC2CC(=O)N(CN3C(=O)CC(SCCSCCSC4CC(=O)N(CN5C(=O)C=CC5=O)C4=O)C3=O)C2=O)C1=O.SCCSCCS. The van der Waals surface area contributed by atoms with E-state index in [1.807, 2.05) is 11.8 Å². The van der Waals surface area contributed by atoms with Crippen LogP contribution in [0, 0.1) is 0 Å². The lowest BCUT2D eigenvalue weighted by atomic mass is 10.4. The van der Waals surface area contributed by atoms with Crippen molar-refractivity contribution >= 4 is 202 Å². The van der Waals surface area contributed by atoms with E-state index in [-0.39, 0.29) is 39.8 Å². The van der Waals surface area contributed by atoms with Crippen LogP contribution in [-0.2, 0) is 76.7 Å². The Morgan fingerprint density at radius 2 is 0.476 bits per heavy atom. The van der Waals surface area contributed by atoms with Gasteiger partial charge in [-0.15, -0.1) is 47.0 Å². The van der Waals surface area contributed by atoms with Gasteiger partial charge in [-0.3, -0.25) is 116 Å². The maximum Gasteiger partial charge on any atom is 0.255 e. The molecule has 0 N–H and O–H groups in total. The summed E-state index contributed by atoms with van der Waals surface area (Å²) in [5.74, 6) is 1.27. The van der Waals surface area contributed by atoms with Crippen molar-refractivity contribution in [3.8, 4) is 0 Å². The molecule has 16 amide bonds. The minimum atomic E-state index is -0.627. The Bertz CT molecular complexity index is 2480. The molecule has 8 heterocycles. The van der Waals surface area contributed by atoms with Crippen LogP contribution in [0.25, 0.3) is 0 Å². The number of amides is 16. The monoisotopic (exact) mass is 1300 g/mol. The van der Waals surface area contributed by atoms with E-state index in [1.165, 1.54) is 47.0 Å². The molecule has 8 rings (SSSR count). The highest BCUT2D eigenvalue weighted by molar-refractivity contribution is 8.06. The number of thiol groups is 2. The number of rotatable bonds is 28. The quantitative estimate of drug-likeness (QED) is 0.0617. The van der Waals surface area contributed by atoms with Crippen molar-refractivity contribution < 1.29 is 76.7 Å². The fraction of sp³-hybridized carbons (Fsp3) is 0.510. The molecule has 4 atom stereocenters. The Balaban J connectivity index is 0.000000445. The molecule has 24 nitrogen and oxygen atoms in total. The Kier molecular flexibility index (Phi) is 27.4. The van der Waals surface area contributed by atoms with Gasteiger partial charge in [-0.05, 0) is 11.5 Å². The van der Waals surface area contributed by atoms with Crippen molar-refractivity contribution in [1.29, 1.82) is 0 Å². The summed E-state index contributed by atoms with van der Waals surface area (Å²) in [5.41, 5.74) is 0. The lowest BCUT2D eigenvalue weighted by Gasteiger charge is -2.21. The molecule has 82 heavy (non-hydrogen) atoms. The van der Waals surface area contributed by atoms with Crippen LogP contribution in [0.1, 0.15) is 33.1 Å². The smallest absolute Gasteiger partial charge is 0.255 e. The third-order valence-corrected chi connectivity index (χ3v) is 22.1. The number of thioether (sulfide) groups is 7. The first-order valence-electron chi connectivity index (χ1n) is 24.7. The Labute approximate surface area is 512 Å². The van der Waals surface area contributed by atoms with Crippen molar-refractivity contribution in [1.82, 2.24) is 39.2 Å². The highest BCUT2D eigenvalue weighted by Gasteiger charge is 2.46. The van der Waals surface area contributed by atoms with Gasteiger partial charge in [0.15, 0.2) is 0 Å². The van der Waals surface area contributed by atoms with Crippen LogP contribution in [-0.4, -0.2) is 250 Å². The van der Waals surface area contributed by atoms with Crippen molar-refractivity contribution in [2.75, 3.05) is 95.7 Å². The molecule has 0 bridgehead atoms. The number of carbonyl (C=O) groups excluding carboxylic acids is 16. The molecule has 0 radical (unpaired) electrons. The Morgan fingerprint density at radius 3 is 0.683 bits per heavy atom. The summed E-state index contributed by atoms with van der Waals surface area (Å²) in [6.45, 7) is -1.52. The van der Waals surface area contributed by atoms with Crippen molar-refractivity contribution in [3.63, 3.8) is 0 Å². The maximum atomic E-state index is 13.1. The number of imide groups is 8. The molecule has 4 saturated heterocycles. The van der Waals surface area contributed by atoms with Gasteiger partial charge in [0.1, 0.15) is 26.7 Å². The standard InChI is InChI=1S/C35H38N6O12S6.C9H6N2O4.C4H10S3.CH4/c42-24-1-2-25(43)36(24)17-38-28(46)13-20(32(38)50)56-9-5-54-7-11-58-22-15-30(48)40(34(22)52)19-41-31(49)16-23(35(41)53)59-12-8-55-6-10-57-21-14-29(47)39(33(21)51)18-37-26(44)3-4-27(37)45;12-6-1-2-7(13)10(6)5-11-8(14)3-4-9(11)15;5-1-3-7-4-2-6;/h1-4,20-23H,5-19H2;1-4H,5H2;5-6H,1-4H2;1H4. The Morgan fingerprint density at radius 1 is 0.293 bits per heavy atom. The normalized spacial score (nSPS) is 22.4. The summed E-state index contributed by atoms with van der Waals surface area (Å²) in [4.78, 5) is 201. The zero-order valence-electron chi connectivity index (χ0n) is 42.9. The molecule has 4 unspecified atom stereocenters. The van der Waals surface area contributed by atoms with Crippen LogP contribution >= 0.6 is 108 Å². The molecule has 0 aromatic carbocycles. The van der Waals surface area contributed by atoms with E-state index >= 15 is 0 Å². The van der Waals surface area contributed by atoms with Gasteiger partial charge in [-0.2, -0.15) is 60.5 Å². The zero-order valence-corrected chi connectivity index (χ0v) is 50.4. The second kappa shape index (κ2) is 33.1. The van der Waals surface area contributed by atoms with Crippen LogP contribution in [0.15, 0.2) is 48.6 Å². The highest BCUT2D eigenvalue weighted by Crippen LogP contribution is 2.32. The first-order chi connectivity index (χ1) is 38.7. The largest absolute Gasteiger partial charge is 0.274 e. The van der Waals surface area contributed by atoms with E-state index in [2.05, 4.69) is 25.3 Å². The minimum Gasteiger partial charge on any atom is -0.274 e. The van der Waals surface area contributed by atoms with E-state index in [1.54, 1.807) is 23.5 Å². The van der Waals surface area contributed by atoms with Gasteiger partial charge in [-0.1, -0.05) is 7.43 Å². The molecule has 0 aromatic rings. The average molecular weight is 1300 g/mol. The molecule has 8 aliphatic rings. The topological polar surface area (TPSA) is 299 Å². The second-order valence-corrected chi connectivity index (χ2v) is 27.3. The summed E-state index contributed by atoms with van der Waals surface area (Å²) in [7, 11) is 0. The van der Waals surface area contributed by atoms with Gasteiger partial charge < -0.3 is 0 Å². The molecule has 0 saturated carbocycles. The van der Waals surface area contributed by atoms with Gasteiger partial charge in [0.05, 0.1) is 21.0 Å². The predicted octanol–water partition coefficient (Wildman–Crippen LogP) is 0.627. The van der Waals surface area contributed by atoms with Gasteiger partial charge in [-0.25, -0.2) is 0 Å². The number of hydrogen-bond donors (Lipinski definition) is 2. The fourth-order valence-corrected chi connectivity index (χ4v) is 16.3. The lowest BCUT2D eigenvalue weighted by Crippen LogP contribution is -2.44. The summed E-state index contributed by atoms with van der Waals surface area (Å²) in [6.07, 6.45) is 8.67. The summed E-state index contributed by atoms with van der Waals surface area (Å²) in [5, 5.41) is -2.44. The summed E-state index contributed by atoms with van der Waals surface area (Å²) in [6, 6.07) is 0. The number of nitrogens with zero attached hydrogens (tertiary/aromatic N) is 8. The zero-order chi connectivity index (χ0) is 58.9. The Hall–Kier alpha value is -4.77. The lowest BCUT2D eigenvalue weighted by molar-refractivity contribution is -0.150. The molecule has 0 aliphatic carbocycles.